The van der Waals surface area contributed by atoms with E-state index >= 15 is 0 Å². The van der Waals surface area contributed by atoms with E-state index in [1.54, 1.807) is 41.1 Å². The lowest BCUT2D eigenvalue weighted by molar-refractivity contribution is 0.414. The zero-order valence-electron chi connectivity index (χ0n) is 8.99. The topological polar surface area (TPSA) is 77.2 Å². The molecule has 0 aromatic carbocycles. The maximum Gasteiger partial charge on any atom is 0.251 e. The van der Waals surface area contributed by atoms with Crippen molar-refractivity contribution in [3.05, 3.63) is 41.2 Å². The SMILES string of the molecule is COc1cnn(-c2cnn3ccc(=O)[nH]c23)c1. The molecule has 3 aromatic heterocycles. The van der Waals surface area contributed by atoms with E-state index in [1.165, 1.54) is 6.07 Å². The van der Waals surface area contributed by atoms with Crippen LogP contribution in [0.1, 0.15) is 0 Å². The Balaban J connectivity index is 2.23. The minimum atomic E-state index is -0.182. The van der Waals surface area contributed by atoms with Gasteiger partial charge in [0, 0.05) is 12.3 Å². The third-order valence-electron chi connectivity index (χ3n) is 2.43. The van der Waals surface area contributed by atoms with Crippen LogP contribution in [0.3, 0.4) is 0 Å². The number of nitrogens with zero attached hydrogens (tertiary/aromatic N) is 4. The summed E-state index contributed by atoms with van der Waals surface area (Å²) >= 11 is 0. The van der Waals surface area contributed by atoms with Crippen LogP contribution >= 0.6 is 0 Å². The van der Waals surface area contributed by atoms with Crippen LogP contribution in [0.5, 0.6) is 5.75 Å². The van der Waals surface area contributed by atoms with Crippen LogP contribution in [-0.4, -0.2) is 31.5 Å². The number of hydrogen-bond acceptors (Lipinski definition) is 4. The summed E-state index contributed by atoms with van der Waals surface area (Å²) < 4.78 is 8.21. The number of nitrogens with one attached hydrogen (secondary N) is 1. The third kappa shape index (κ3) is 1.48. The Labute approximate surface area is 95.3 Å². The highest BCUT2D eigenvalue weighted by Gasteiger charge is 2.08. The van der Waals surface area contributed by atoms with Gasteiger partial charge in [-0.15, -0.1) is 0 Å². The van der Waals surface area contributed by atoms with Crippen LogP contribution in [0.25, 0.3) is 11.3 Å². The lowest BCUT2D eigenvalue weighted by Gasteiger charge is -1.97. The molecule has 0 aliphatic heterocycles. The summed E-state index contributed by atoms with van der Waals surface area (Å²) in [5.41, 5.74) is 1.09. The number of aromatic amines is 1. The second kappa shape index (κ2) is 3.48. The number of rotatable bonds is 2. The van der Waals surface area contributed by atoms with Gasteiger partial charge in [-0.2, -0.15) is 10.2 Å². The van der Waals surface area contributed by atoms with Gasteiger partial charge in [-0.3, -0.25) is 4.79 Å². The van der Waals surface area contributed by atoms with Gasteiger partial charge >= 0.3 is 0 Å². The average Bonchev–Trinajstić information content (AvgIpc) is 2.93. The highest BCUT2D eigenvalue weighted by Crippen LogP contribution is 2.15. The number of hydrogen-bond donors (Lipinski definition) is 1. The Hall–Kier alpha value is -2.57. The first-order valence-electron chi connectivity index (χ1n) is 4.93. The normalized spacial score (nSPS) is 10.9. The smallest absolute Gasteiger partial charge is 0.251 e. The molecule has 0 saturated heterocycles. The monoisotopic (exact) mass is 231 g/mol. The molecule has 7 heteroatoms. The van der Waals surface area contributed by atoms with Crippen LogP contribution in [0.4, 0.5) is 0 Å². The predicted octanol–water partition coefficient (Wildman–Crippen LogP) is 0.217. The first-order valence-corrected chi connectivity index (χ1v) is 4.93. The third-order valence-corrected chi connectivity index (χ3v) is 2.43. The number of methoxy groups -OCH3 is 1. The summed E-state index contributed by atoms with van der Waals surface area (Å²) in [7, 11) is 1.57. The molecule has 3 rings (SSSR count). The molecule has 7 nitrogen and oxygen atoms in total. The van der Waals surface area contributed by atoms with Crippen molar-refractivity contribution in [2.45, 2.75) is 0 Å². The van der Waals surface area contributed by atoms with E-state index < -0.39 is 0 Å². The van der Waals surface area contributed by atoms with Crippen molar-refractivity contribution in [1.82, 2.24) is 24.4 Å². The van der Waals surface area contributed by atoms with Crippen molar-refractivity contribution in [2.75, 3.05) is 7.11 Å². The van der Waals surface area contributed by atoms with E-state index in [-0.39, 0.29) is 5.56 Å². The first-order chi connectivity index (χ1) is 8.28. The molecule has 0 unspecified atom stereocenters. The van der Waals surface area contributed by atoms with Gasteiger partial charge in [-0.1, -0.05) is 0 Å². The van der Waals surface area contributed by atoms with E-state index in [2.05, 4.69) is 15.2 Å². The van der Waals surface area contributed by atoms with E-state index in [4.69, 9.17) is 4.74 Å². The molecule has 0 spiro atoms. The summed E-state index contributed by atoms with van der Waals surface area (Å²) in [4.78, 5) is 14.0. The van der Waals surface area contributed by atoms with Gasteiger partial charge in [0.1, 0.15) is 5.69 Å². The lowest BCUT2D eigenvalue weighted by Crippen LogP contribution is -2.07. The maximum absolute atomic E-state index is 11.3. The molecule has 3 heterocycles. The van der Waals surface area contributed by atoms with Crippen molar-refractivity contribution in [3.63, 3.8) is 0 Å². The minimum Gasteiger partial charge on any atom is -0.493 e. The summed E-state index contributed by atoms with van der Waals surface area (Å²) in [6, 6.07) is 1.41. The van der Waals surface area contributed by atoms with Gasteiger partial charge < -0.3 is 9.72 Å². The van der Waals surface area contributed by atoms with Gasteiger partial charge in [-0.25, -0.2) is 9.20 Å². The number of fused-ring (bicyclic) bond motifs is 1. The van der Waals surface area contributed by atoms with Gasteiger partial charge in [0.05, 0.1) is 25.7 Å². The highest BCUT2D eigenvalue weighted by atomic mass is 16.5. The molecule has 3 aromatic rings. The number of ether oxygens (including phenoxy) is 1. The van der Waals surface area contributed by atoms with Crippen LogP contribution in [0, 0.1) is 0 Å². The Morgan fingerprint density at radius 2 is 2.24 bits per heavy atom. The molecule has 0 aliphatic carbocycles. The molecule has 86 valence electrons. The number of H-pyrrole nitrogens is 1. The highest BCUT2D eigenvalue weighted by molar-refractivity contribution is 5.57. The van der Waals surface area contributed by atoms with Gasteiger partial charge in [-0.05, 0) is 0 Å². The molecule has 0 fully saturated rings. The average molecular weight is 231 g/mol. The molecular weight excluding hydrogens is 222 g/mol. The molecule has 1 N–H and O–H groups in total. The van der Waals surface area contributed by atoms with Crippen molar-refractivity contribution in [1.29, 1.82) is 0 Å². The fraction of sp³-hybridized carbons (Fsp3) is 0.100. The Morgan fingerprint density at radius 3 is 3.00 bits per heavy atom. The molecule has 0 amide bonds. The zero-order valence-corrected chi connectivity index (χ0v) is 8.99. The van der Waals surface area contributed by atoms with Crippen LogP contribution in [-0.2, 0) is 0 Å². The second-order valence-corrected chi connectivity index (χ2v) is 3.45. The summed E-state index contributed by atoms with van der Waals surface area (Å²) in [5, 5.41) is 8.24. The van der Waals surface area contributed by atoms with Gasteiger partial charge in [0.15, 0.2) is 11.4 Å². The maximum atomic E-state index is 11.3. The van der Waals surface area contributed by atoms with Crippen LogP contribution in [0.2, 0.25) is 0 Å². The van der Waals surface area contributed by atoms with Crippen molar-refractivity contribution >= 4 is 5.65 Å². The summed E-state index contributed by atoms with van der Waals surface area (Å²) in [6.07, 6.45) is 6.52. The molecule has 17 heavy (non-hydrogen) atoms. The quantitative estimate of drug-likeness (QED) is 0.684. The standard InChI is InChI=1S/C10H9N5O2/c1-17-7-4-11-15(6-7)8-5-12-14-3-2-9(16)13-10(8)14/h2-6H,1H3,(H,13,16). The van der Waals surface area contributed by atoms with Gasteiger partial charge in [0.2, 0.25) is 0 Å². The molecule has 0 saturated carbocycles. The van der Waals surface area contributed by atoms with Gasteiger partial charge in [0.25, 0.3) is 5.56 Å². The van der Waals surface area contributed by atoms with E-state index in [1.807, 2.05) is 0 Å². The van der Waals surface area contributed by atoms with E-state index in [0.29, 0.717) is 17.1 Å². The van der Waals surface area contributed by atoms with Crippen molar-refractivity contribution < 1.29 is 4.74 Å². The summed E-state index contributed by atoms with van der Waals surface area (Å²) in [5.74, 6) is 0.641. The Bertz CT molecular complexity index is 723. The largest absolute Gasteiger partial charge is 0.493 e. The molecular formula is C10H9N5O2. The molecule has 0 atom stereocenters. The Kier molecular flexibility index (Phi) is 1.97. The Morgan fingerprint density at radius 1 is 1.35 bits per heavy atom. The van der Waals surface area contributed by atoms with Crippen molar-refractivity contribution in [2.24, 2.45) is 0 Å². The van der Waals surface area contributed by atoms with E-state index in [0.717, 1.165) is 0 Å². The van der Waals surface area contributed by atoms with Crippen LogP contribution < -0.4 is 10.3 Å². The van der Waals surface area contributed by atoms with Crippen molar-refractivity contribution in [3.8, 4) is 11.4 Å². The van der Waals surface area contributed by atoms with Crippen LogP contribution in [0.15, 0.2) is 35.6 Å². The van der Waals surface area contributed by atoms with E-state index in [9.17, 15) is 4.79 Å². The fourth-order valence-corrected chi connectivity index (χ4v) is 1.60. The molecule has 0 bridgehead atoms. The number of aromatic nitrogens is 5. The zero-order chi connectivity index (χ0) is 11.8. The molecule has 0 aliphatic rings. The molecule has 0 radical (unpaired) electrons. The second-order valence-electron chi connectivity index (χ2n) is 3.45. The fourth-order valence-electron chi connectivity index (χ4n) is 1.60. The lowest BCUT2D eigenvalue weighted by atomic mass is 10.5. The summed E-state index contributed by atoms with van der Waals surface area (Å²) in [6.45, 7) is 0. The minimum absolute atomic E-state index is 0.182. The predicted molar refractivity (Wildman–Crippen MR) is 59.5 cm³/mol. The first kappa shape index (κ1) is 9.64.